The van der Waals surface area contributed by atoms with Crippen molar-refractivity contribution in [3.05, 3.63) is 29.1 Å². The largest absolute Gasteiger partial charge is 0.496 e. The smallest absolute Gasteiger partial charge is 0.235 e. The van der Waals surface area contributed by atoms with Crippen LogP contribution in [0.2, 0.25) is 0 Å². The summed E-state index contributed by atoms with van der Waals surface area (Å²) in [6.07, 6.45) is 3.04. The zero-order valence-electron chi connectivity index (χ0n) is 9.21. The van der Waals surface area contributed by atoms with Gasteiger partial charge in [-0.3, -0.25) is 0 Å². The molecule has 1 saturated carbocycles. The van der Waals surface area contributed by atoms with Gasteiger partial charge in [-0.25, -0.2) is 9.18 Å². The number of halogens is 1. The SMILES string of the molecule is COc1ccc(F)c(C)c1C1(N=C=O)CC1. The number of methoxy groups -OCH3 is 1. The third-order valence-electron chi connectivity index (χ3n) is 3.03. The van der Waals surface area contributed by atoms with Crippen LogP contribution in [0.5, 0.6) is 5.75 Å². The molecule has 2 rings (SSSR count). The van der Waals surface area contributed by atoms with Crippen LogP contribution in [0.4, 0.5) is 4.39 Å². The lowest BCUT2D eigenvalue weighted by Crippen LogP contribution is -2.09. The zero-order chi connectivity index (χ0) is 11.8. The molecule has 1 aromatic carbocycles. The first-order valence-electron chi connectivity index (χ1n) is 5.07. The molecule has 0 atom stereocenters. The molecule has 0 N–H and O–H groups in total. The van der Waals surface area contributed by atoms with Gasteiger partial charge in [0.2, 0.25) is 6.08 Å². The summed E-state index contributed by atoms with van der Waals surface area (Å²) in [7, 11) is 1.52. The van der Waals surface area contributed by atoms with Crippen molar-refractivity contribution in [1.82, 2.24) is 0 Å². The van der Waals surface area contributed by atoms with Crippen molar-refractivity contribution in [2.24, 2.45) is 4.99 Å². The molecule has 0 aromatic heterocycles. The fourth-order valence-corrected chi connectivity index (χ4v) is 2.03. The van der Waals surface area contributed by atoms with Crippen LogP contribution < -0.4 is 4.74 Å². The van der Waals surface area contributed by atoms with Gasteiger partial charge < -0.3 is 4.74 Å². The first-order chi connectivity index (χ1) is 7.64. The zero-order valence-corrected chi connectivity index (χ0v) is 9.21. The van der Waals surface area contributed by atoms with E-state index < -0.39 is 5.54 Å². The minimum Gasteiger partial charge on any atom is -0.496 e. The van der Waals surface area contributed by atoms with E-state index in [0.29, 0.717) is 16.9 Å². The van der Waals surface area contributed by atoms with E-state index in [4.69, 9.17) is 4.74 Å². The number of aliphatic imine (C=N–C) groups is 1. The van der Waals surface area contributed by atoms with Crippen LogP contribution in [-0.2, 0) is 10.3 Å². The molecule has 0 aliphatic heterocycles. The highest BCUT2D eigenvalue weighted by Gasteiger charge is 2.48. The van der Waals surface area contributed by atoms with Gasteiger partial charge in [0.05, 0.1) is 7.11 Å². The van der Waals surface area contributed by atoms with Gasteiger partial charge >= 0.3 is 0 Å². The number of benzene rings is 1. The Morgan fingerprint density at radius 1 is 1.50 bits per heavy atom. The number of ether oxygens (including phenoxy) is 1. The highest BCUT2D eigenvalue weighted by atomic mass is 19.1. The van der Waals surface area contributed by atoms with Crippen molar-refractivity contribution >= 4 is 6.08 Å². The maximum absolute atomic E-state index is 13.5. The van der Waals surface area contributed by atoms with Crippen molar-refractivity contribution in [1.29, 1.82) is 0 Å². The molecule has 0 saturated heterocycles. The molecular formula is C12H12FNO2. The van der Waals surface area contributed by atoms with Crippen LogP contribution in [0.3, 0.4) is 0 Å². The summed E-state index contributed by atoms with van der Waals surface area (Å²) in [5.41, 5.74) is 0.577. The maximum Gasteiger partial charge on any atom is 0.235 e. The number of carbonyl (C=O) groups excluding carboxylic acids is 1. The molecule has 0 amide bonds. The fraction of sp³-hybridized carbons (Fsp3) is 0.417. The Hall–Kier alpha value is -1.67. The first kappa shape index (κ1) is 10.8. The van der Waals surface area contributed by atoms with E-state index >= 15 is 0 Å². The molecule has 16 heavy (non-hydrogen) atoms. The Bertz CT molecular complexity index is 474. The van der Waals surface area contributed by atoms with Crippen molar-refractivity contribution < 1.29 is 13.9 Å². The predicted molar refractivity (Wildman–Crippen MR) is 56.7 cm³/mol. The van der Waals surface area contributed by atoms with Gasteiger partial charge in [-0.05, 0) is 37.5 Å². The lowest BCUT2D eigenvalue weighted by atomic mass is 9.98. The van der Waals surface area contributed by atoms with E-state index in [-0.39, 0.29) is 5.82 Å². The molecule has 4 heteroatoms. The number of rotatable bonds is 3. The van der Waals surface area contributed by atoms with Gasteiger partial charge in [-0.1, -0.05) is 0 Å². The molecule has 0 radical (unpaired) electrons. The van der Waals surface area contributed by atoms with Crippen molar-refractivity contribution in [3.8, 4) is 5.75 Å². The normalized spacial score (nSPS) is 16.4. The standard InChI is InChI=1S/C12H12FNO2/c1-8-9(13)3-4-10(16-2)11(8)12(5-6-12)14-7-15/h3-4H,5-6H2,1-2H3. The quantitative estimate of drug-likeness (QED) is 0.581. The Morgan fingerprint density at radius 3 is 2.69 bits per heavy atom. The molecule has 0 unspecified atom stereocenters. The molecule has 1 aromatic rings. The molecule has 84 valence electrons. The van der Waals surface area contributed by atoms with E-state index in [9.17, 15) is 9.18 Å². The Balaban J connectivity index is 2.62. The first-order valence-corrected chi connectivity index (χ1v) is 5.07. The number of hydrogen-bond donors (Lipinski definition) is 0. The third kappa shape index (κ3) is 1.51. The van der Waals surface area contributed by atoms with Gasteiger partial charge in [0, 0.05) is 5.56 Å². The molecule has 1 aliphatic carbocycles. The van der Waals surface area contributed by atoms with Gasteiger partial charge in [0.15, 0.2) is 0 Å². The fourth-order valence-electron chi connectivity index (χ4n) is 2.03. The van der Waals surface area contributed by atoms with Gasteiger partial charge in [0.1, 0.15) is 17.1 Å². The Morgan fingerprint density at radius 2 is 2.19 bits per heavy atom. The molecule has 1 aliphatic rings. The summed E-state index contributed by atoms with van der Waals surface area (Å²) < 4.78 is 18.7. The molecule has 1 fully saturated rings. The lowest BCUT2D eigenvalue weighted by molar-refractivity contribution is 0.401. The van der Waals surface area contributed by atoms with Crippen LogP contribution in [0.1, 0.15) is 24.0 Å². The number of hydrogen-bond acceptors (Lipinski definition) is 3. The summed E-state index contributed by atoms with van der Waals surface area (Å²) in [5, 5.41) is 0. The summed E-state index contributed by atoms with van der Waals surface area (Å²) in [6.45, 7) is 1.67. The Labute approximate surface area is 93.0 Å². The van der Waals surface area contributed by atoms with Crippen LogP contribution in [0.25, 0.3) is 0 Å². The highest BCUT2D eigenvalue weighted by Crippen LogP contribution is 2.53. The molecule has 3 nitrogen and oxygen atoms in total. The van der Waals surface area contributed by atoms with E-state index in [1.54, 1.807) is 19.1 Å². The van der Waals surface area contributed by atoms with E-state index in [0.717, 1.165) is 12.8 Å². The molecule has 0 bridgehead atoms. The molecule has 0 heterocycles. The second kappa shape index (κ2) is 3.72. The maximum atomic E-state index is 13.5. The van der Waals surface area contributed by atoms with Crippen molar-refractivity contribution in [3.63, 3.8) is 0 Å². The highest BCUT2D eigenvalue weighted by molar-refractivity contribution is 5.51. The van der Waals surface area contributed by atoms with Gasteiger partial charge in [-0.15, -0.1) is 0 Å². The molecular weight excluding hydrogens is 209 g/mol. The van der Waals surface area contributed by atoms with Gasteiger partial charge in [0.25, 0.3) is 0 Å². The minimum absolute atomic E-state index is 0.303. The average Bonchev–Trinajstić information content (AvgIpc) is 3.03. The van der Waals surface area contributed by atoms with Gasteiger partial charge in [-0.2, -0.15) is 4.99 Å². The van der Waals surface area contributed by atoms with Crippen LogP contribution in [-0.4, -0.2) is 13.2 Å². The summed E-state index contributed by atoms with van der Waals surface area (Å²) in [5.74, 6) is 0.276. The third-order valence-corrected chi connectivity index (χ3v) is 3.03. The summed E-state index contributed by atoms with van der Waals surface area (Å²) in [4.78, 5) is 14.2. The monoisotopic (exact) mass is 221 g/mol. The number of nitrogens with zero attached hydrogens (tertiary/aromatic N) is 1. The molecule has 0 spiro atoms. The van der Waals surface area contributed by atoms with Crippen LogP contribution >= 0.6 is 0 Å². The minimum atomic E-state index is -0.598. The number of isocyanates is 1. The topological polar surface area (TPSA) is 38.7 Å². The second-order valence-corrected chi connectivity index (χ2v) is 3.98. The summed E-state index contributed by atoms with van der Waals surface area (Å²) in [6, 6.07) is 2.93. The van der Waals surface area contributed by atoms with Crippen molar-refractivity contribution in [2.45, 2.75) is 25.3 Å². The van der Waals surface area contributed by atoms with E-state index in [1.165, 1.54) is 13.2 Å². The Kier molecular flexibility index (Phi) is 2.52. The lowest BCUT2D eigenvalue weighted by Gasteiger charge is -2.16. The predicted octanol–water partition coefficient (Wildman–Crippen LogP) is 2.47. The average molecular weight is 221 g/mol. The van der Waals surface area contributed by atoms with E-state index in [2.05, 4.69) is 4.99 Å². The van der Waals surface area contributed by atoms with Crippen molar-refractivity contribution in [2.75, 3.05) is 7.11 Å². The summed E-state index contributed by atoms with van der Waals surface area (Å²) >= 11 is 0. The second-order valence-electron chi connectivity index (χ2n) is 3.98. The van der Waals surface area contributed by atoms with Crippen LogP contribution in [0.15, 0.2) is 17.1 Å². The van der Waals surface area contributed by atoms with Crippen LogP contribution in [0, 0.1) is 12.7 Å². The van der Waals surface area contributed by atoms with E-state index in [1.807, 2.05) is 0 Å².